The predicted molar refractivity (Wildman–Crippen MR) is 103 cm³/mol. The highest BCUT2D eigenvalue weighted by molar-refractivity contribution is 6.00. The Hall–Kier alpha value is -3.09. The molecule has 1 amide bonds. The number of likely N-dealkylation sites (tertiary alicyclic amines) is 1. The van der Waals surface area contributed by atoms with Gasteiger partial charge in [0.15, 0.2) is 0 Å². The zero-order valence-electron chi connectivity index (χ0n) is 15.5. The first-order valence-electron chi connectivity index (χ1n) is 9.57. The molecule has 2 heterocycles. The van der Waals surface area contributed by atoms with Gasteiger partial charge in [-0.2, -0.15) is 5.21 Å². The fourth-order valence-corrected chi connectivity index (χ4v) is 3.82. The number of aryl methyl sites for hydroxylation is 1. The summed E-state index contributed by atoms with van der Waals surface area (Å²) in [6.07, 6.45) is 3.98. The standard InChI is InChI=1S/C21H22FN5O/c22-17-11-9-15(10-12-17)7-8-16-4-3-13-27(14-16)21(28)19-6-2-1-5-18(19)20-23-25-26-24-20/h1-2,5-6,9-12,16H,3-4,7-8,13-14H2,(H,23,24,25,26)/t16-/m0/s1. The van der Waals surface area contributed by atoms with Crippen molar-refractivity contribution in [1.82, 2.24) is 25.5 Å². The average molecular weight is 379 g/mol. The van der Waals surface area contributed by atoms with E-state index in [4.69, 9.17) is 0 Å². The first-order valence-corrected chi connectivity index (χ1v) is 9.57. The number of H-pyrrole nitrogens is 1. The van der Waals surface area contributed by atoms with Crippen LogP contribution in [0.4, 0.5) is 4.39 Å². The van der Waals surface area contributed by atoms with Gasteiger partial charge in [0.05, 0.1) is 5.56 Å². The van der Waals surface area contributed by atoms with E-state index in [-0.39, 0.29) is 11.7 Å². The number of carbonyl (C=O) groups excluding carboxylic acids is 1. The van der Waals surface area contributed by atoms with E-state index in [0.717, 1.165) is 44.3 Å². The predicted octanol–water partition coefficient (Wildman–Crippen LogP) is 3.49. The molecule has 1 aliphatic heterocycles. The third kappa shape index (κ3) is 4.08. The lowest BCUT2D eigenvalue weighted by molar-refractivity contribution is 0.0669. The molecule has 1 fully saturated rings. The van der Waals surface area contributed by atoms with Gasteiger partial charge in [-0.3, -0.25) is 4.79 Å². The smallest absolute Gasteiger partial charge is 0.254 e. The molecule has 144 valence electrons. The number of tetrazole rings is 1. The van der Waals surface area contributed by atoms with Gasteiger partial charge >= 0.3 is 0 Å². The van der Waals surface area contributed by atoms with Crippen molar-refractivity contribution in [2.45, 2.75) is 25.7 Å². The molecule has 1 aromatic heterocycles. The van der Waals surface area contributed by atoms with Crippen LogP contribution < -0.4 is 0 Å². The molecule has 2 aromatic carbocycles. The van der Waals surface area contributed by atoms with Gasteiger partial charge in [0.2, 0.25) is 5.82 Å². The minimum absolute atomic E-state index is 0.00637. The third-order valence-electron chi connectivity index (χ3n) is 5.30. The largest absolute Gasteiger partial charge is 0.338 e. The number of aromatic nitrogens is 4. The van der Waals surface area contributed by atoms with Crippen molar-refractivity contribution in [3.05, 3.63) is 65.5 Å². The number of amides is 1. The number of carbonyl (C=O) groups is 1. The molecule has 1 N–H and O–H groups in total. The first kappa shape index (κ1) is 18.3. The Labute approximate surface area is 162 Å². The maximum Gasteiger partial charge on any atom is 0.254 e. The molecular formula is C21H22FN5O. The van der Waals surface area contributed by atoms with Crippen LogP contribution in [0.5, 0.6) is 0 Å². The molecule has 0 radical (unpaired) electrons. The lowest BCUT2D eigenvalue weighted by Gasteiger charge is -2.33. The Kier molecular flexibility index (Phi) is 5.41. The fourth-order valence-electron chi connectivity index (χ4n) is 3.82. The first-order chi connectivity index (χ1) is 13.7. The van der Waals surface area contributed by atoms with Crippen LogP contribution in [0.2, 0.25) is 0 Å². The number of nitrogens with zero attached hydrogens (tertiary/aromatic N) is 4. The van der Waals surface area contributed by atoms with Crippen LogP contribution in [-0.4, -0.2) is 44.5 Å². The summed E-state index contributed by atoms with van der Waals surface area (Å²) < 4.78 is 13.1. The van der Waals surface area contributed by atoms with Crippen LogP contribution in [0, 0.1) is 11.7 Å². The second-order valence-electron chi connectivity index (χ2n) is 7.21. The minimum atomic E-state index is -0.210. The van der Waals surface area contributed by atoms with Gasteiger partial charge < -0.3 is 4.90 Å². The van der Waals surface area contributed by atoms with E-state index in [9.17, 15) is 9.18 Å². The van der Waals surface area contributed by atoms with Crippen molar-refractivity contribution in [3.8, 4) is 11.4 Å². The summed E-state index contributed by atoms with van der Waals surface area (Å²) in [7, 11) is 0. The zero-order chi connectivity index (χ0) is 19.3. The van der Waals surface area contributed by atoms with Crippen LogP contribution in [-0.2, 0) is 6.42 Å². The highest BCUT2D eigenvalue weighted by Crippen LogP contribution is 2.26. The Morgan fingerprint density at radius 3 is 2.79 bits per heavy atom. The summed E-state index contributed by atoms with van der Waals surface area (Å²) in [4.78, 5) is 15.1. The number of hydrogen-bond acceptors (Lipinski definition) is 4. The van der Waals surface area contributed by atoms with Gasteiger partial charge in [-0.05, 0) is 60.6 Å². The van der Waals surface area contributed by atoms with Crippen molar-refractivity contribution in [3.63, 3.8) is 0 Å². The average Bonchev–Trinajstić information content (AvgIpc) is 3.28. The summed E-state index contributed by atoms with van der Waals surface area (Å²) in [5.41, 5.74) is 2.42. The molecule has 4 rings (SSSR count). The molecule has 1 saturated heterocycles. The molecule has 1 atom stereocenters. The summed E-state index contributed by atoms with van der Waals surface area (Å²) in [6.45, 7) is 1.49. The molecule has 28 heavy (non-hydrogen) atoms. The SMILES string of the molecule is O=C(c1ccccc1-c1nn[nH]n1)N1CCC[C@@H](CCc2ccc(F)cc2)C1. The Morgan fingerprint density at radius 1 is 1.18 bits per heavy atom. The van der Waals surface area contributed by atoms with Gasteiger partial charge in [0, 0.05) is 18.7 Å². The number of hydrogen-bond donors (Lipinski definition) is 1. The van der Waals surface area contributed by atoms with Crippen molar-refractivity contribution < 1.29 is 9.18 Å². The number of aromatic amines is 1. The molecule has 3 aromatic rings. The van der Waals surface area contributed by atoms with Gasteiger partial charge in [-0.25, -0.2) is 4.39 Å². The molecule has 0 aliphatic carbocycles. The van der Waals surface area contributed by atoms with Crippen molar-refractivity contribution in [1.29, 1.82) is 0 Å². The van der Waals surface area contributed by atoms with Crippen molar-refractivity contribution in [2.75, 3.05) is 13.1 Å². The molecule has 0 unspecified atom stereocenters. The maximum atomic E-state index is 13.2. The highest BCUT2D eigenvalue weighted by atomic mass is 19.1. The quantitative estimate of drug-likeness (QED) is 0.736. The second kappa shape index (κ2) is 8.29. The molecule has 6 nitrogen and oxygen atoms in total. The Morgan fingerprint density at radius 2 is 2.00 bits per heavy atom. The molecule has 0 saturated carbocycles. The highest BCUT2D eigenvalue weighted by Gasteiger charge is 2.26. The topological polar surface area (TPSA) is 74.8 Å². The van der Waals surface area contributed by atoms with Crippen molar-refractivity contribution >= 4 is 5.91 Å². The lowest BCUT2D eigenvalue weighted by Crippen LogP contribution is -2.40. The van der Waals surface area contributed by atoms with E-state index in [0.29, 0.717) is 22.9 Å². The number of rotatable bonds is 5. The van der Waals surface area contributed by atoms with E-state index in [1.165, 1.54) is 12.1 Å². The van der Waals surface area contributed by atoms with E-state index in [1.54, 1.807) is 0 Å². The number of halogens is 1. The molecule has 1 aliphatic rings. The Bertz CT molecular complexity index is 926. The number of nitrogens with one attached hydrogen (secondary N) is 1. The van der Waals surface area contributed by atoms with Gasteiger partial charge in [0.25, 0.3) is 5.91 Å². The van der Waals surface area contributed by atoms with Crippen LogP contribution in [0.3, 0.4) is 0 Å². The minimum Gasteiger partial charge on any atom is -0.338 e. The number of benzene rings is 2. The van der Waals surface area contributed by atoms with E-state index in [1.807, 2.05) is 41.3 Å². The number of piperidine rings is 1. The molecule has 0 spiro atoms. The van der Waals surface area contributed by atoms with Crippen LogP contribution >= 0.6 is 0 Å². The van der Waals surface area contributed by atoms with E-state index < -0.39 is 0 Å². The molecule has 0 bridgehead atoms. The lowest BCUT2D eigenvalue weighted by atomic mass is 9.91. The summed E-state index contributed by atoms with van der Waals surface area (Å²) in [5, 5.41) is 14.1. The summed E-state index contributed by atoms with van der Waals surface area (Å²) in [6, 6.07) is 14.0. The normalized spacial score (nSPS) is 16.9. The fraction of sp³-hybridized carbons (Fsp3) is 0.333. The van der Waals surface area contributed by atoms with Crippen LogP contribution in [0.1, 0.15) is 35.2 Å². The zero-order valence-corrected chi connectivity index (χ0v) is 15.5. The monoisotopic (exact) mass is 379 g/mol. The third-order valence-corrected chi connectivity index (χ3v) is 5.30. The Balaban J connectivity index is 1.43. The summed E-state index contributed by atoms with van der Waals surface area (Å²) >= 11 is 0. The van der Waals surface area contributed by atoms with Gasteiger partial charge in [-0.15, -0.1) is 10.2 Å². The summed E-state index contributed by atoms with van der Waals surface area (Å²) in [5.74, 6) is 0.666. The van der Waals surface area contributed by atoms with Gasteiger partial charge in [-0.1, -0.05) is 30.3 Å². The van der Waals surface area contributed by atoms with E-state index in [2.05, 4.69) is 20.6 Å². The van der Waals surface area contributed by atoms with Crippen LogP contribution in [0.25, 0.3) is 11.4 Å². The molecular weight excluding hydrogens is 357 g/mol. The van der Waals surface area contributed by atoms with Crippen molar-refractivity contribution in [2.24, 2.45) is 5.92 Å². The second-order valence-corrected chi connectivity index (χ2v) is 7.21. The van der Waals surface area contributed by atoms with Gasteiger partial charge in [0.1, 0.15) is 5.82 Å². The van der Waals surface area contributed by atoms with E-state index >= 15 is 0 Å². The molecule has 7 heteroatoms. The maximum absolute atomic E-state index is 13.2. The van der Waals surface area contributed by atoms with Crippen LogP contribution in [0.15, 0.2) is 48.5 Å².